The summed E-state index contributed by atoms with van der Waals surface area (Å²) in [7, 11) is 1.83. The van der Waals surface area contributed by atoms with Crippen LogP contribution in [0.2, 0.25) is 0 Å². The zero-order valence-electron chi connectivity index (χ0n) is 5.67. The van der Waals surface area contributed by atoms with Crippen LogP contribution >= 0.6 is 34.4 Å². The van der Waals surface area contributed by atoms with Gasteiger partial charge in [-0.1, -0.05) is 40.9 Å². The van der Waals surface area contributed by atoms with Gasteiger partial charge in [0.2, 0.25) is 0 Å². The van der Waals surface area contributed by atoms with E-state index in [9.17, 15) is 0 Å². The van der Waals surface area contributed by atoms with Gasteiger partial charge in [-0.2, -0.15) is 0 Å². The number of halogens is 1. The molecule has 0 heterocycles. The van der Waals surface area contributed by atoms with Crippen molar-refractivity contribution in [3.8, 4) is 0 Å². The Morgan fingerprint density at radius 1 is 1.80 bits per heavy atom. The summed E-state index contributed by atoms with van der Waals surface area (Å²) in [4.78, 5) is 1.72. The van der Waals surface area contributed by atoms with Crippen molar-refractivity contribution >= 4 is 39.5 Å². The van der Waals surface area contributed by atoms with Crippen LogP contribution in [0.5, 0.6) is 0 Å². The van der Waals surface area contributed by atoms with E-state index in [1.165, 1.54) is 11.8 Å². The van der Waals surface area contributed by atoms with Crippen molar-refractivity contribution in [2.45, 2.75) is 0 Å². The minimum Gasteiger partial charge on any atom is -0.330 e. The average Bonchev–Trinajstić information content (AvgIpc) is 1.89. The fraction of sp³-hybridized carbons (Fsp3) is 0.167. The lowest BCUT2D eigenvalue weighted by Crippen LogP contribution is -2.15. The van der Waals surface area contributed by atoms with Gasteiger partial charge in [-0.05, 0) is 9.49 Å². The van der Waals surface area contributed by atoms with Gasteiger partial charge in [0.15, 0.2) is 5.17 Å². The molecule has 0 atom stereocenters. The smallest absolute Gasteiger partial charge is 0.164 e. The van der Waals surface area contributed by atoms with Gasteiger partial charge in [-0.3, -0.25) is 5.41 Å². The second-order valence-corrected chi connectivity index (χ2v) is 3.15. The van der Waals surface area contributed by atoms with Crippen molar-refractivity contribution in [2.24, 2.45) is 0 Å². The van der Waals surface area contributed by atoms with Crippen LogP contribution in [0.4, 0.5) is 0 Å². The van der Waals surface area contributed by atoms with E-state index < -0.39 is 0 Å². The highest BCUT2D eigenvalue weighted by Gasteiger charge is 1.96. The molecule has 0 bridgehead atoms. The standard InChI is InChI=1S/C6H9IN2S/c1-3-10-6(8)9(2)5-4-7/h3-5,8H,1H2,2H3/b5-4-,8-6?. The fourth-order valence-corrected chi connectivity index (χ4v) is 1.18. The second-order valence-electron chi connectivity index (χ2n) is 1.48. The number of hydrogen-bond acceptors (Lipinski definition) is 2. The summed E-state index contributed by atoms with van der Waals surface area (Å²) in [6.07, 6.45) is 1.82. The largest absolute Gasteiger partial charge is 0.330 e. The van der Waals surface area contributed by atoms with Crippen molar-refractivity contribution in [1.82, 2.24) is 4.90 Å². The normalized spacial score (nSPS) is 9.80. The van der Waals surface area contributed by atoms with Crippen molar-refractivity contribution < 1.29 is 0 Å². The summed E-state index contributed by atoms with van der Waals surface area (Å²) < 4.78 is 1.86. The molecule has 0 aromatic rings. The van der Waals surface area contributed by atoms with Gasteiger partial charge in [0.1, 0.15) is 0 Å². The Bertz CT molecular complexity index is 156. The van der Waals surface area contributed by atoms with E-state index in [0.29, 0.717) is 5.17 Å². The molecule has 4 heteroatoms. The Labute approximate surface area is 79.0 Å². The first-order chi connectivity index (χ1) is 4.72. The Kier molecular flexibility index (Phi) is 5.81. The molecule has 10 heavy (non-hydrogen) atoms. The van der Waals surface area contributed by atoms with Crippen molar-refractivity contribution in [1.29, 1.82) is 5.41 Å². The van der Waals surface area contributed by atoms with Crippen LogP contribution in [0, 0.1) is 5.41 Å². The van der Waals surface area contributed by atoms with Gasteiger partial charge >= 0.3 is 0 Å². The minimum absolute atomic E-state index is 0.475. The molecule has 0 aliphatic carbocycles. The molecule has 0 radical (unpaired) electrons. The van der Waals surface area contributed by atoms with Crippen LogP contribution in [0.1, 0.15) is 0 Å². The van der Waals surface area contributed by atoms with Crippen LogP contribution in [0.15, 0.2) is 22.3 Å². The van der Waals surface area contributed by atoms with Gasteiger partial charge in [0.05, 0.1) is 0 Å². The highest BCUT2D eigenvalue weighted by molar-refractivity contribution is 14.1. The lowest BCUT2D eigenvalue weighted by atomic mass is 10.8. The third kappa shape index (κ3) is 3.94. The lowest BCUT2D eigenvalue weighted by Gasteiger charge is -2.11. The molecule has 56 valence electrons. The van der Waals surface area contributed by atoms with Gasteiger partial charge in [0, 0.05) is 13.2 Å². The summed E-state index contributed by atoms with van der Waals surface area (Å²) in [6.45, 7) is 3.51. The van der Waals surface area contributed by atoms with E-state index in [1.54, 1.807) is 10.3 Å². The van der Waals surface area contributed by atoms with E-state index in [0.717, 1.165) is 0 Å². The van der Waals surface area contributed by atoms with Crippen LogP contribution in [-0.4, -0.2) is 17.1 Å². The Hall–Kier alpha value is 0.0300. The molecule has 0 aromatic carbocycles. The van der Waals surface area contributed by atoms with Crippen molar-refractivity contribution in [3.63, 3.8) is 0 Å². The second kappa shape index (κ2) is 5.79. The maximum absolute atomic E-state index is 7.36. The summed E-state index contributed by atoms with van der Waals surface area (Å²) in [5.41, 5.74) is 0. The maximum Gasteiger partial charge on any atom is 0.164 e. The topological polar surface area (TPSA) is 27.1 Å². The molecule has 0 unspecified atom stereocenters. The molecule has 0 fully saturated rings. The van der Waals surface area contributed by atoms with Crippen molar-refractivity contribution in [2.75, 3.05) is 7.05 Å². The van der Waals surface area contributed by atoms with Crippen molar-refractivity contribution in [3.05, 3.63) is 22.3 Å². The van der Waals surface area contributed by atoms with Crippen LogP contribution in [-0.2, 0) is 0 Å². The third-order valence-electron chi connectivity index (χ3n) is 0.795. The molecule has 0 amide bonds. The van der Waals surface area contributed by atoms with Crippen LogP contribution in [0.25, 0.3) is 0 Å². The summed E-state index contributed by atoms with van der Waals surface area (Å²) in [5, 5.41) is 9.47. The van der Waals surface area contributed by atoms with Gasteiger partial charge in [-0.15, -0.1) is 0 Å². The van der Waals surface area contributed by atoms with E-state index in [2.05, 4.69) is 29.2 Å². The highest BCUT2D eigenvalue weighted by atomic mass is 127. The summed E-state index contributed by atoms with van der Waals surface area (Å²) in [6, 6.07) is 0. The SMILES string of the molecule is C=CSC(=N)N(C)/C=C\I. The molecule has 0 spiro atoms. The predicted molar refractivity (Wildman–Crippen MR) is 56.4 cm³/mol. The third-order valence-corrected chi connectivity index (χ3v) is 1.79. The molecule has 0 aromatic heterocycles. The van der Waals surface area contributed by atoms with Crippen LogP contribution < -0.4 is 0 Å². The number of amidine groups is 1. The number of thioether (sulfide) groups is 1. The zero-order chi connectivity index (χ0) is 7.98. The Morgan fingerprint density at radius 3 is 2.80 bits per heavy atom. The molecular weight excluding hydrogens is 259 g/mol. The molecule has 1 N–H and O–H groups in total. The molecule has 2 nitrogen and oxygen atoms in total. The van der Waals surface area contributed by atoms with Crippen LogP contribution in [0.3, 0.4) is 0 Å². The van der Waals surface area contributed by atoms with Gasteiger partial charge in [0.25, 0.3) is 0 Å². The minimum atomic E-state index is 0.475. The Balaban J connectivity index is 3.81. The molecule has 0 aliphatic heterocycles. The first kappa shape index (κ1) is 10.0. The number of nitrogens with one attached hydrogen (secondary N) is 1. The molecule has 0 saturated heterocycles. The fourth-order valence-electron chi connectivity index (χ4n) is 0.314. The van der Waals surface area contributed by atoms with Gasteiger partial charge in [-0.25, -0.2) is 0 Å². The number of rotatable bonds is 2. The monoisotopic (exact) mass is 268 g/mol. The predicted octanol–water partition coefficient (Wildman–Crippen LogP) is 2.64. The zero-order valence-corrected chi connectivity index (χ0v) is 8.65. The maximum atomic E-state index is 7.36. The first-order valence-electron chi connectivity index (χ1n) is 2.58. The average molecular weight is 268 g/mol. The summed E-state index contributed by atoms with van der Waals surface area (Å²) >= 11 is 3.41. The van der Waals surface area contributed by atoms with Gasteiger partial charge < -0.3 is 4.90 Å². The van der Waals surface area contributed by atoms with E-state index in [1.807, 2.05) is 17.3 Å². The highest BCUT2D eigenvalue weighted by Crippen LogP contribution is 2.06. The van der Waals surface area contributed by atoms with E-state index >= 15 is 0 Å². The van der Waals surface area contributed by atoms with E-state index in [-0.39, 0.29) is 0 Å². The molecule has 0 saturated carbocycles. The van der Waals surface area contributed by atoms with E-state index in [4.69, 9.17) is 5.41 Å². The lowest BCUT2D eigenvalue weighted by molar-refractivity contribution is 0.701. The molecular formula is C6H9IN2S. The first-order valence-corrected chi connectivity index (χ1v) is 4.70. The number of nitrogens with zero attached hydrogens (tertiary/aromatic N) is 1. The quantitative estimate of drug-likeness (QED) is 0.473. The molecule has 0 aliphatic rings. The molecule has 0 rings (SSSR count). The number of hydrogen-bond donors (Lipinski definition) is 1. The summed E-state index contributed by atoms with van der Waals surface area (Å²) in [5.74, 6) is 0. The Morgan fingerprint density at radius 2 is 2.40 bits per heavy atom.